The Morgan fingerprint density at radius 2 is 2.21 bits per heavy atom. The van der Waals surface area contributed by atoms with Crippen molar-refractivity contribution in [2.75, 3.05) is 13.7 Å². The van der Waals surface area contributed by atoms with Gasteiger partial charge in [-0.25, -0.2) is 14.8 Å². The molecule has 0 saturated heterocycles. The van der Waals surface area contributed by atoms with E-state index in [1.54, 1.807) is 6.92 Å². The summed E-state index contributed by atoms with van der Waals surface area (Å²) in [5.74, 6) is -0.144. The standard InChI is InChI=1S/C13H17ClN2O3/c1-4-19-11(17)13(18-3)6-9(7-13)10-5-8(2)15-12(14)16-10/h5,9H,4,6-7H2,1-3H3/t9-,13+. The van der Waals surface area contributed by atoms with Gasteiger partial charge in [0.1, 0.15) is 0 Å². The van der Waals surface area contributed by atoms with E-state index in [0.717, 1.165) is 11.4 Å². The maximum atomic E-state index is 11.9. The number of ether oxygens (including phenoxy) is 2. The van der Waals surface area contributed by atoms with Gasteiger partial charge in [-0.05, 0) is 44.4 Å². The highest BCUT2D eigenvalue weighted by molar-refractivity contribution is 6.28. The highest BCUT2D eigenvalue weighted by Gasteiger charge is 2.53. The minimum absolute atomic E-state index is 0.156. The first-order valence-electron chi connectivity index (χ1n) is 6.24. The summed E-state index contributed by atoms with van der Waals surface area (Å²) in [4.78, 5) is 20.1. The van der Waals surface area contributed by atoms with Gasteiger partial charge in [-0.2, -0.15) is 0 Å². The lowest BCUT2D eigenvalue weighted by Gasteiger charge is -2.43. The van der Waals surface area contributed by atoms with Crippen molar-refractivity contribution in [3.05, 3.63) is 22.7 Å². The maximum absolute atomic E-state index is 11.9. The van der Waals surface area contributed by atoms with Crippen LogP contribution in [-0.2, 0) is 14.3 Å². The molecule has 0 spiro atoms. The summed E-state index contributed by atoms with van der Waals surface area (Å²) < 4.78 is 10.4. The molecular formula is C13H17ClN2O3. The Bertz CT molecular complexity index is 467. The van der Waals surface area contributed by atoms with E-state index in [1.807, 2.05) is 13.0 Å². The average molecular weight is 285 g/mol. The zero-order valence-corrected chi connectivity index (χ0v) is 12.0. The first kappa shape index (κ1) is 14.2. The van der Waals surface area contributed by atoms with E-state index >= 15 is 0 Å². The molecule has 19 heavy (non-hydrogen) atoms. The molecule has 1 saturated carbocycles. The summed E-state index contributed by atoms with van der Waals surface area (Å²) >= 11 is 5.85. The topological polar surface area (TPSA) is 61.3 Å². The summed E-state index contributed by atoms with van der Waals surface area (Å²) in [5.41, 5.74) is 0.849. The summed E-state index contributed by atoms with van der Waals surface area (Å²) in [6, 6.07) is 1.89. The van der Waals surface area contributed by atoms with Gasteiger partial charge in [0.2, 0.25) is 5.28 Å². The molecule has 104 valence electrons. The fourth-order valence-corrected chi connectivity index (χ4v) is 2.62. The number of hydrogen-bond donors (Lipinski definition) is 0. The zero-order chi connectivity index (χ0) is 14.0. The second kappa shape index (κ2) is 5.43. The van der Waals surface area contributed by atoms with Gasteiger partial charge in [-0.3, -0.25) is 0 Å². The summed E-state index contributed by atoms with van der Waals surface area (Å²) in [5, 5.41) is 0.237. The number of esters is 1. The number of halogens is 1. The van der Waals surface area contributed by atoms with Crippen LogP contribution in [0.3, 0.4) is 0 Å². The van der Waals surface area contributed by atoms with Gasteiger partial charge in [0.15, 0.2) is 5.60 Å². The fraction of sp³-hybridized carbons (Fsp3) is 0.615. The van der Waals surface area contributed by atoms with Crippen molar-refractivity contribution in [3.63, 3.8) is 0 Å². The van der Waals surface area contributed by atoms with Crippen LogP contribution in [0.2, 0.25) is 5.28 Å². The quantitative estimate of drug-likeness (QED) is 0.627. The normalized spacial score (nSPS) is 25.8. The number of carbonyl (C=O) groups is 1. The number of aromatic nitrogens is 2. The number of carbonyl (C=O) groups excluding carboxylic acids is 1. The van der Waals surface area contributed by atoms with Crippen LogP contribution >= 0.6 is 11.6 Å². The van der Waals surface area contributed by atoms with Gasteiger partial charge >= 0.3 is 5.97 Å². The molecule has 0 radical (unpaired) electrons. The Hall–Kier alpha value is -1.20. The molecule has 0 unspecified atom stereocenters. The molecule has 1 aliphatic carbocycles. The van der Waals surface area contributed by atoms with Crippen LogP contribution in [0.4, 0.5) is 0 Å². The van der Waals surface area contributed by atoms with Crippen molar-refractivity contribution in [3.8, 4) is 0 Å². The fourth-order valence-electron chi connectivity index (χ4n) is 2.39. The van der Waals surface area contributed by atoms with Gasteiger partial charge in [-0.1, -0.05) is 0 Å². The molecule has 6 heteroatoms. The van der Waals surface area contributed by atoms with E-state index in [4.69, 9.17) is 21.1 Å². The molecule has 1 fully saturated rings. The van der Waals surface area contributed by atoms with E-state index in [2.05, 4.69) is 9.97 Å². The van der Waals surface area contributed by atoms with Crippen molar-refractivity contribution in [1.29, 1.82) is 0 Å². The third-order valence-corrected chi connectivity index (χ3v) is 3.62. The lowest BCUT2D eigenvalue weighted by Crippen LogP contribution is -2.52. The van der Waals surface area contributed by atoms with Crippen molar-refractivity contribution in [2.45, 2.75) is 38.2 Å². The van der Waals surface area contributed by atoms with Gasteiger partial charge in [0, 0.05) is 24.4 Å². The second-order valence-electron chi connectivity index (χ2n) is 4.73. The largest absolute Gasteiger partial charge is 0.464 e. The molecule has 0 amide bonds. The summed E-state index contributed by atoms with van der Waals surface area (Å²) in [7, 11) is 1.53. The van der Waals surface area contributed by atoms with E-state index in [1.165, 1.54) is 7.11 Å². The molecule has 0 atom stereocenters. The van der Waals surface area contributed by atoms with E-state index in [-0.39, 0.29) is 17.2 Å². The third kappa shape index (κ3) is 2.72. The van der Waals surface area contributed by atoms with Crippen molar-refractivity contribution in [2.24, 2.45) is 0 Å². The van der Waals surface area contributed by atoms with Crippen LogP contribution in [0.15, 0.2) is 6.07 Å². The van der Waals surface area contributed by atoms with Gasteiger partial charge in [0.05, 0.1) is 6.61 Å². The number of aryl methyl sites for hydroxylation is 1. The highest BCUT2D eigenvalue weighted by Crippen LogP contribution is 2.47. The smallest absolute Gasteiger partial charge is 0.338 e. The van der Waals surface area contributed by atoms with Gasteiger partial charge in [-0.15, -0.1) is 0 Å². The van der Waals surface area contributed by atoms with Crippen LogP contribution in [0.5, 0.6) is 0 Å². The number of nitrogens with zero attached hydrogens (tertiary/aromatic N) is 2. The number of methoxy groups -OCH3 is 1. The molecular weight excluding hydrogens is 268 g/mol. The van der Waals surface area contributed by atoms with Crippen LogP contribution in [0.25, 0.3) is 0 Å². The van der Waals surface area contributed by atoms with E-state index < -0.39 is 5.60 Å². The monoisotopic (exact) mass is 284 g/mol. The maximum Gasteiger partial charge on any atom is 0.338 e. The van der Waals surface area contributed by atoms with Crippen LogP contribution in [0.1, 0.15) is 37.1 Å². The number of rotatable bonds is 4. The lowest BCUT2D eigenvalue weighted by molar-refractivity contribution is -0.182. The Morgan fingerprint density at radius 1 is 1.53 bits per heavy atom. The van der Waals surface area contributed by atoms with Crippen molar-refractivity contribution < 1.29 is 14.3 Å². The lowest BCUT2D eigenvalue weighted by atomic mass is 9.69. The van der Waals surface area contributed by atoms with Gasteiger partial charge in [0.25, 0.3) is 0 Å². The molecule has 0 aromatic carbocycles. The molecule has 2 rings (SSSR count). The van der Waals surface area contributed by atoms with Crippen LogP contribution < -0.4 is 0 Å². The minimum atomic E-state index is -0.827. The Labute approximate surface area is 117 Å². The molecule has 0 aliphatic heterocycles. The predicted octanol–water partition coefficient (Wildman–Crippen LogP) is 2.26. The molecule has 1 heterocycles. The third-order valence-electron chi connectivity index (χ3n) is 3.46. The number of hydrogen-bond acceptors (Lipinski definition) is 5. The SMILES string of the molecule is CCOC(=O)[C@]1(OC)C[C@@H](c2cc(C)nc(Cl)n2)C1. The molecule has 1 aliphatic rings. The van der Waals surface area contributed by atoms with E-state index in [9.17, 15) is 4.79 Å². The predicted molar refractivity (Wildman–Crippen MR) is 70.1 cm³/mol. The molecule has 1 aromatic heterocycles. The summed E-state index contributed by atoms with van der Waals surface area (Å²) in [6.07, 6.45) is 1.13. The first-order valence-corrected chi connectivity index (χ1v) is 6.62. The van der Waals surface area contributed by atoms with Gasteiger partial charge < -0.3 is 9.47 Å². The summed E-state index contributed by atoms with van der Waals surface area (Å²) in [6.45, 7) is 4.00. The molecule has 0 N–H and O–H groups in total. The second-order valence-corrected chi connectivity index (χ2v) is 5.07. The highest BCUT2D eigenvalue weighted by atomic mass is 35.5. The molecule has 5 nitrogen and oxygen atoms in total. The molecule has 1 aromatic rings. The van der Waals surface area contributed by atoms with Crippen LogP contribution in [0, 0.1) is 6.92 Å². The Morgan fingerprint density at radius 3 is 2.74 bits per heavy atom. The van der Waals surface area contributed by atoms with Crippen molar-refractivity contribution in [1.82, 2.24) is 9.97 Å². The minimum Gasteiger partial charge on any atom is -0.464 e. The molecule has 0 bridgehead atoms. The Kier molecular flexibility index (Phi) is 4.06. The Balaban J connectivity index is 2.10. The first-order chi connectivity index (χ1) is 9.00. The van der Waals surface area contributed by atoms with E-state index in [0.29, 0.717) is 19.4 Å². The average Bonchev–Trinajstić information content (AvgIpc) is 2.27. The van der Waals surface area contributed by atoms with Crippen molar-refractivity contribution >= 4 is 17.6 Å². The van der Waals surface area contributed by atoms with Crippen LogP contribution in [-0.4, -0.2) is 35.3 Å². The zero-order valence-electron chi connectivity index (χ0n) is 11.3.